The maximum atomic E-state index is 8.14. The van der Waals surface area contributed by atoms with Gasteiger partial charge in [-0.25, -0.2) is 14.3 Å². The van der Waals surface area contributed by atoms with Crippen LogP contribution in [0.1, 0.15) is 0 Å². The van der Waals surface area contributed by atoms with Crippen molar-refractivity contribution in [2.45, 2.75) is 6.67 Å². The largest absolute Gasteiger partial charge is 0.302 e. The van der Waals surface area contributed by atoms with Crippen molar-refractivity contribution >= 4 is 5.95 Å². The average molecular weight is 206 g/mol. The fourth-order valence-corrected chi connectivity index (χ4v) is 0.883. The summed E-state index contributed by atoms with van der Waals surface area (Å²) < 4.78 is 3.04. The first-order chi connectivity index (χ1) is 7.38. The van der Waals surface area contributed by atoms with Gasteiger partial charge in [0.2, 0.25) is 5.95 Å². The van der Waals surface area contributed by atoms with E-state index in [0.29, 0.717) is 6.67 Å². The number of aromatic nitrogens is 6. The SMILES string of the molecule is [N-]=[N+]=Nc1ncn(CNn2cnnc2)n1. The van der Waals surface area contributed by atoms with Crippen molar-refractivity contribution < 1.29 is 0 Å². The lowest BCUT2D eigenvalue weighted by Crippen LogP contribution is -2.17. The van der Waals surface area contributed by atoms with Crippen LogP contribution in [-0.4, -0.2) is 29.6 Å². The maximum Gasteiger partial charge on any atom is 0.237 e. The van der Waals surface area contributed by atoms with E-state index in [1.165, 1.54) is 23.7 Å². The van der Waals surface area contributed by atoms with Gasteiger partial charge in [0, 0.05) is 4.91 Å². The zero-order valence-electron chi connectivity index (χ0n) is 7.46. The molecule has 10 heteroatoms. The second-order valence-electron chi connectivity index (χ2n) is 2.46. The standard InChI is InChI=1S/C5H6N10/c6-13-11-5-7-1-15(12-5)4-10-14-2-8-9-3-14/h1-3,10H,4H2. The fraction of sp³-hybridized carbons (Fsp3) is 0.200. The highest BCUT2D eigenvalue weighted by molar-refractivity contribution is 5.08. The summed E-state index contributed by atoms with van der Waals surface area (Å²) in [6.45, 7) is 0.367. The fourth-order valence-electron chi connectivity index (χ4n) is 0.883. The van der Waals surface area contributed by atoms with E-state index in [4.69, 9.17) is 5.53 Å². The van der Waals surface area contributed by atoms with Crippen LogP contribution in [0.15, 0.2) is 24.1 Å². The smallest absolute Gasteiger partial charge is 0.237 e. The Balaban J connectivity index is 1.96. The minimum atomic E-state index is 0.0862. The molecular weight excluding hydrogens is 200 g/mol. The van der Waals surface area contributed by atoms with Crippen molar-refractivity contribution in [3.8, 4) is 0 Å². The molecule has 0 spiro atoms. The number of hydrogen-bond donors (Lipinski definition) is 1. The van der Waals surface area contributed by atoms with E-state index in [-0.39, 0.29) is 5.95 Å². The first-order valence-corrected chi connectivity index (χ1v) is 3.91. The molecule has 2 aromatic heterocycles. The molecule has 0 radical (unpaired) electrons. The van der Waals surface area contributed by atoms with Gasteiger partial charge in [-0.05, 0) is 10.6 Å². The molecule has 0 unspecified atom stereocenters. The predicted octanol–water partition coefficient (Wildman–Crippen LogP) is 0.0126. The Morgan fingerprint density at radius 2 is 2.20 bits per heavy atom. The molecule has 0 aromatic carbocycles. The number of nitrogens with one attached hydrogen (secondary N) is 1. The van der Waals surface area contributed by atoms with Gasteiger partial charge in [0.15, 0.2) is 0 Å². The van der Waals surface area contributed by atoms with Crippen molar-refractivity contribution in [3.63, 3.8) is 0 Å². The van der Waals surface area contributed by atoms with Gasteiger partial charge >= 0.3 is 0 Å². The van der Waals surface area contributed by atoms with Crippen LogP contribution in [0, 0.1) is 0 Å². The van der Waals surface area contributed by atoms with E-state index < -0.39 is 0 Å². The van der Waals surface area contributed by atoms with Crippen molar-refractivity contribution in [3.05, 3.63) is 29.4 Å². The molecule has 15 heavy (non-hydrogen) atoms. The molecule has 1 N–H and O–H groups in total. The van der Waals surface area contributed by atoms with Crippen LogP contribution in [0.3, 0.4) is 0 Å². The monoisotopic (exact) mass is 206 g/mol. The van der Waals surface area contributed by atoms with Crippen LogP contribution in [0.4, 0.5) is 5.95 Å². The van der Waals surface area contributed by atoms with Gasteiger partial charge in [-0.2, -0.15) is 0 Å². The van der Waals surface area contributed by atoms with Gasteiger partial charge in [-0.1, -0.05) is 0 Å². The van der Waals surface area contributed by atoms with E-state index in [2.05, 4.69) is 35.7 Å². The molecule has 0 saturated heterocycles. The minimum Gasteiger partial charge on any atom is -0.302 e. The summed E-state index contributed by atoms with van der Waals surface area (Å²) in [4.78, 5) is 6.33. The summed E-state index contributed by atoms with van der Waals surface area (Å²) in [6, 6.07) is 0. The third kappa shape index (κ3) is 2.19. The zero-order valence-corrected chi connectivity index (χ0v) is 7.46. The lowest BCUT2D eigenvalue weighted by Gasteiger charge is -2.03. The Morgan fingerprint density at radius 1 is 1.40 bits per heavy atom. The number of azide groups is 1. The number of hydrogen-bond acceptors (Lipinski definition) is 6. The second kappa shape index (κ2) is 4.07. The Kier molecular flexibility index (Phi) is 2.43. The van der Waals surface area contributed by atoms with Gasteiger partial charge in [0.1, 0.15) is 25.7 Å². The normalized spacial score (nSPS) is 9.60. The highest BCUT2D eigenvalue weighted by atomic mass is 15.5. The predicted molar refractivity (Wildman–Crippen MR) is 48.2 cm³/mol. The zero-order chi connectivity index (χ0) is 10.5. The third-order valence-corrected chi connectivity index (χ3v) is 1.49. The molecule has 2 heterocycles. The van der Waals surface area contributed by atoms with Crippen LogP contribution >= 0.6 is 0 Å². The summed E-state index contributed by atoms with van der Waals surface area (Å²) in [5, 5.41) is 14.3. The Bertz CT molecular complexity index is 462. The summed E-state index contributed by atoms with van der Waals surface area (Å²) in [5.74, 6) is 0.0862. The van der Waals surface area contributed by atoms with Gasteiger partial charge in [0.05, 0.1) is 0 Å². The second-order valence-corrected chi connectivity index (χ2v) is 2.46. The van der Waals surface area contributed by atoms with E-state index >= 15 is 0 Å². The van der Waals surface area contributed by atoms with Crippen LogP contribution in [0.2, 0.25) is 0 Å². The molecule has 0 saturated carbocycles. The van der Waals surface area contributed by atoms with Gasteiger partial charge in [-0.3, -0.25) is 0 Å². The van der Waals surface area contributed by atoms with Crippen molar-refractivity contribution in [2.75, 3.05) is 5.43 Å². The molecule has 10 nitrogen and oxygen atoms in total. The van der Waals surface area contributed by atoms with Crippen molar-refractivity contribution in [1.29, 1.82) is 0 Å². The molecule has 0 bridgehead atoms. The molecule has 0 aliphatic carbocycles. The molecule has 0 amide bonds. The van der Waals surface area contributed by atoms with E-state index in [1.807, 2.05) is 0 Å². The minimum absolute atomic E-state index is 0.0862. The van der Waals surface area contributed by atoms with Crippen LogP contribution in [-0.2, 0) is 6.67 Å². The molecular formula is C5H6N10. The summed E-state index contributed by atoms with van der Waals surface area (Å²) >= 11 is 0. The Labute approximate surface area is 83.2 Å². The molecule has 0 atom stereocenters. The Hall–Kier alpha value is -2.61. The van der Waals surface area contributed by atoms with E-state index in [0.717, 1.165) is 0 Å². The Morgan fingerprint density at radius 3 is 2.93 bits per heavy atom. The van der Waals surface area contributed by atoms with Crippen molar-refractivity contribution in [1.82, 2.24) is 29.6 Å². The topological polar surface area (TPSA) is 122 Å². The van der Waals surface area contributed by atoms with Gasteiger partial charge in [-0.15, -0.1) is 15.3 Å². The van der Waals surface area contributed by atoms with Crippen molar-refractivity contribution in [2.24, 2.45) is 5.11 Å². The summed E-state index contributed by atoms with van der Waals surface area (Å²) in [7, 11) is 0. The molecule has 0 aliphatic heterocycles. The molecule has 0 aliphatic rings. The van der Waals surface area contributed by atoms with E-state index in [9.17, 15) is 0 Å². The molecule has 0 fully saturated rings. The molecule has 2 rings (SSSR count). The quantitative estimate of drug-likeness (QED) is 0.429. The van der Waals surface area contributed by atoms with E-state index in [1.54, 1.807) is 4.68 Å². The lowest BCUT2D eigenvalue weighted by atomic mass is 11.0. The molecule has 2 aromatic rings. The summed E-state index contributed by atoms with van der Waals surface area (Å²) in [6.07, 6.45) is 4.46. The number of nitrogens with zero attached hydrogens (tertiary/aromatic N) is 9. The van der Waals surface area contributed by atoms with Crippen LogP contribution in [0.5, 0.6) is 0 Å². The number of rotatable bonds is 4. The molecule has 76 valence electrons. The van der Waals surface area contributed by atoms with Crippen LogP contribution in [0.25, 0.3) is 10.4 Å². The van der Waals surface area contributed by atoms with Crippen LogP contribution < -0.4 is 5.43 Å². The first kappa shape index (κ1) is 8.97. The lowest BCUT2D eigenvalue weighted by molar-refractivity contribution is 0.612. The maximum absolute atomic E-state index is 8.14. The first-order valence-electron chi connectivity index (χ1n) is 3.91. The van der Waals surface area contributed by atoms with Gasteiger partial charge < -0.3 is 5.43 Å². The highest BCUT2D eigenvalue weighted by Crippen LogP contribution is 2.00. The van der Waals surface area contributed by atoms with Gasteiger partial charge in [0.25, 0.3) is 0 Å². The highest BCUT2D eigenvalue weighted by Gasteiger charge is 1.96. The average Bonchev–Trinajstić information content (AvgIpc) is 2.85. The third-order valence-electron chi connectivity index (χ3n) is 1.49. The summed E-state index contributed by atoms with van der Waals surface area (Å²) in [5.41, 5.74) is 11.1.